The number of aromatic nitrogens is 3. The third kappa shape index (κ3) is 6.37. The van der Waals surface area contributed by atoms with Gasteiger partial charge in [-0.25, -0.2) is 5.43 Å². The maximum absolute atomic E-state index is 12.5. The average Bonchev–Trinajstić information content (AvgIpc) is 3.34. The highest BCUT2D eigenvalue weighted by molar-refractivity contribution is 7.99. The zero-order valence-electron chi connectivity index (χ0n) is 21.1. The van der Waals surface area contributed by atoms with Crippen molar-refractivity contribution in [2.75, 3.05) is 23.7 Å². The highest BCUT2D eigenvalue weighted by Gasteiger charge is 2.17. The summed E-state index contributed by atoms with van der Waals surface area (Å²) < 4.78 is 1.95. The molecule has 2 N–H and O–H groups in total. The maximum Gasteiger partial charge on any atom is 0.250 e. The number of aryl methyl sites for hydroxylation is 1. The van der Waals surface area contributed by atoms with E-state index >= 15 is 0 Å². The number of benzene rings is 3. The second kappa shape index (κ2) is 12.2. The number of carbonyl (C=O) groups is 1. The smallest absolute Gasteiger partial charge is 0.250 e. The van der Waals surface area contributed by atoms with Gasteiger partial charge in [0.05, 0.1) is 12.0 Å². The lowest BCUT2D eigenvalue weighted by Crippen LogP contribution is -2.21. The number of phenols is 1. The minimum atomic E-state index is -0.292. The van der Waals surface area contributed by atoms with Crippen molar-refractivity contribution in [1.82, 2.24) is 20.2 Å². The summed E-state index contributed by atoms with van der Waals surface area (Å²) in [5, 5.41) is 23.7. The van der Waals surface area contributed by atoms with Crippen molar-refractivity contribution in [2.45, 2.75) is 25.9 Å². The summed E-state index contributed by atoms with van der Waals surface area (Å²) in [6, 6.07) is 23.3. The van der Waals surface area contributed by atoms with Crippen molar-refractivity contribution in [2.24, 2.45) is 5.10 Å². The van der Waals surface area contributed by atoms with Crippen LogP contribution in [0.25, 0.3) is 17.1 Å². The Hall–Kier alpha value is -4.11. The summed E-state index contributed by atoms with van der Waals surface area (Å²) in [6.07, 6.45) is 1.44. The van der Waals surface area contributed by atoms with Gasteiger partial charge in [-0.3, -0.25) is 9.36 Å². The Kier molecular flexibility index (Phi) is 8.58. The number of carbonyl (C=O) groups excluding carboxylic acids is 1. The Bertz CT molecular complexity index is 1370. The van der Waals surface area contributed by atoms with Crippen molar-refractivity contribution in [3.8, 4) is 22.8 Å². The quantitative estimate of drug-likeness (QED) is 0.175. The lowest BCUT2D eigenvalue weighted by atomic mass is 10.1. The highest BCUT2D eigenvalue weighted by atomic mass is 32.2. The van der Waals surface area contributed by atoms with Crippen LogP contribution in [0.4, 0.5) is 5.69 Å². The van der Waals surface area contributed by atoms with Crippen molar-refractivity contribution in [3.63, 3.8) is 0 Å². The number of hydrogen-bond acceptors (Lipinski definition) is 7. The van der Waals surface area contributed by atoms with E-state index in [0.29, 0.717) is 16.5 Å². The fourth-order valence-corrected chi connectivity index (χ4v) is 4.57. The van der Waals surface area contributed by atoms with E-state index < -0.39 is 0 Å². The predicted octanol–water partition coefficient (Wildman–Crippen LogP) is 5.04. The number of anilines is 1. The second-order valence-corrected chi connectivity index (χ2v) is 9.28. The molecule has 0 atom stereocenters. The summed E-state index contributed by atoms with van der Waals surface area (Å²) in [6.45, 7) is 7.87. The van der Waals surface area contributed by atoms with Crippen LogP contribution in [0.5, 0.6) is 5.75 Å². The molecule has 0 unspecified atom stereocenters. The van der Waals surface area contributed by atoms with Gasteiger partial charge in [0.2, 0.25) is 0 Å². The number of rotatable bonds is 10. The minimum absolute atomic E-state index is 0.100. The number of aromatic hydroxyl groups is 1. The van der Waals surface area contributed by atoms with Crippen LogP contribution in [0.3, 0.4) is 0 Å². The van der Waals surface area contributed by atoms with Crippen LogP contribution in [0.2, 0.25) is 0 Å². The second-order valence-electron chi connectivity index (χ2n) is 8.34. The first-order valence-corrected chi connectivity index (χ1v) is 13.1. The minimum Gasteiger partial charge on any atom is -0.507 e. The molecule has 190 valence electrons. The molecular formula is C28H30N6O2S. The van der Waals surface area contributed by atoms with Gasteiger partial charge in [-0.15, -0.1) is 10.2 Å². The summed E-state index contributed by atoms with van der Waals surface area (Å²) in [5.41, 5.74) is 7.00. The monoisotopic (exact) mass is 514 g/mol. The zero-order chi connectivity index (χ0) is 26.2. The van der Waals surface area contributed by atoms with E-state index in [9.17, 15) is 9.90 Å². The van der Waals surface area contributed by atoms with E-state index in [1.54, 1.807) is 12.1 Å². The van der Waals surface area contributed by atoms with Crippen LogP contribution >= 0.6 is 11.8 Å². The fraction of sp³-hybridized carbons (Fsp3) is 0.214. The third-order valence-electron chi connectivity index (χ3n) is 5.83. The van der Waals surface area contributed by atoms with Crippen molar-refractivity contribution in [1.29, 1.82) is 0 Å². The highest BCUT2D eigenvalue weighted by Crippen LogP contribution is 2.28. The molecule has 4 rings (SSSR count). The summed E-state index contributed by atoms with van der Waals surface area (Å²) in [7, 11) is 0. The van der Waals surface area contributed by atoms with Crippen LogP contribution in [0.15, 0.2) is 83.1 Å². The van der Waals surface area contributed by atoms with Crippen molar-refractivity contribution >= 4 is 29.6 Å². The van der Waals surface area contributed by atoms with Gasteiger partial charge in [-0.2, -0.15) is 5.10 Å². The molecule has 0 bridgehead atoms. The standard InChI is InChI=1S/C28H30N6O2S/c1-4-33(5-2)24-16-15-22(25(35)17-24)18-29-30-26(36)19-37-28-32-31-27(21-13-11-20(3)12-14-21)34(28)23-9-7-6-8-10-23/h6-18,35H,4-5,19H2,1-3H3,(H,30,36)/b29-18-. The molecule has 1 amide bonds. The van der Waals surface area contributed by atoms with Crippen molar-refractivity contribution < 1.29 is 9.90 Å². The van der Waals surface area contributed by atoms with Crippen LogP contribution < -0.4 is 10.3 Å². The van der Waals surface area contributed by atoms with Gasteiger partial charge >= 0.3 is 0 Å². The van der Waals surface area contributed by atoms with Crippen molar-refractivity contribution in [3.05, 3.63) is 83.9 Å². The first-order chi connectivity index (χ1) is 18.0. The molecule has 0 saturated carbocycles. The molecule has 3 aromatic carbocycles. The Morgan fingerprint density at radius 2 is 1.78 bits per heavy atom. The van der Waals surface area contributed by atoms with Gasteiger partial charge in [-0.05, 0) is 45.0 Å². The first-order valence-electron chi connectivity index (χ1n) is 12.1. The number of para-hydroxylation sites is 1. The third-order valence-corrected chi connectivity index (χ3v) is 6.75. The molecule has 0 radical (unpaired) electrons. The SMILES string of the molecule is CCN(CC)c1ccc(/C=N\NC(=O)CSc2nnc(-c3ccc(C)cc3)n2-c2ccccc2)c(O)c1. The lowest BCUT2D eigenvalue weighted by Gasteiger charge is -2.21. The maximum atomic E-state index is 12.5. The molecule has 0 saturated heterocycles. The predicted molar refractivity (Wildman–Crippen MR) is 150 cm³/mol. The molecule has 8 nitrogen and oxygen atoms in total. The van der Waals surface area contributed by atoms with E-state index in [4.69, 9.17) is 0 Å². The molecular weight excluding hydrogens is 484 g/mol. The summed E-state index contributed by atoms with van der Waals surface area (Å²) >= 11 is 1.28. The Morgan fingerprint density at radius 1 is 1.05 bits per heavy atom. The molecule has 0 aliphatic rings. The number of phenolic OH excluding ortho intramolecular Hbond substituents is 1. The van der Waals surface area contributed by atoms with E-state index in [1.165, 1.54) is 18.0 Å². The number of hydrogen-bond donors (Lipinski definition) is 2. The van der Waals surface area contributed by atoms with Crippen LogP contribution in [0, 0.1) is 6.92 Å². The Labute approximate surface area is 221 Å². The Balaban J connectivity index is 1.44. The lowest BCUT2D eigenvalue weighted by molar-refractivity contribution is -0.118. The molecule has 0 spiro atoms. The topological polar surface area (TPSA) is 95.6 Å². The van der Waals surface area contributed by atoms with E-state index in [2.05, 4.69) is 39.5 Å². The molecule has 1 aromatic heterocycles. The number of thioether (sulfide) groups is 1. The number of hydrazone groups is 1. The Morgan fingerprint density at radius 3 is 2.46 bits per heavy atom. The molecule has 1 heterocycles. The molecule has 4 aromatic rings. The number of nitrogens with one attached hydrogen (secondary N) is 1. The van der Waals surface area contributed by atoms with Crippen LogP contribution in [-0.2, 0) is 4.79 Å². The van der Waals surface area contributed by atoms with Gasteiger partial charge in [0.15, 0.2) is 11.0 Å². The van der Waals surface area contributed by atoms with E-state index in [1.807, 2.05) is 72.2 Å². The summed E-state index contributed by atoms with van der Waals surface area (Å²) in [4.78, 5) is 14.6. The molecule has 0 aliphatic carbocycles. The van der Waals surface area contributed by atoms with Gasteiger partial charge in [0, 0.05) is 41.7 Å². The van der Waals surface area contributed by atoms with Gasteiger partial charge < -0.3 is 10.0 Å². The fourth-order valence-electron chi connectivity index (χ4n) is 3.83. The summed E-state index contributed by atoms with van der Waals surface area (Å²) in [5.74, 6) is 0.621. The van der Waals surface area contributed by atoms with Crippen LogP contribution in [0.1, 0.15) is 25.0 Å². The van der Waals surface area contributed by atoms with E-state index in [-0.39, 0.29) is 17.4 Å². The zero-order valence-corrected chi connectivity index (χ0v) is 21.9. The average molecular weight is 515 g/mol. The first kappa shape index (κ1) is 26.0. The largest absolute Gasteiger partial charge is 0.507 e. The molecule has 0 fully saturated rings. The molecule has 9 heteroatoms. The van der Waals surface area contributed by atoms with Gasteiger partial charge in [0.1, 0.15) is 5.75 Å². The number of amides is 1. The van der Waals surface area contributed by atoms with Gasteiger partial charge in [-0.1, -0.05) is 59.8 Å². The van der Waals surface area contributed by atoms with Gasteiger partial charge in [0.25, 0.3) is 5.91 Å². The van der Waals surface area contributed by atoms with E-state index in [0.717, 1.165) is 35.6 Å². The number of nitrogens with zero attached hydrogens (tertiary/aromatic N) is 5. The normalized spacial score (nSPS) is 11.1. The van der Waals surface area contributed by atoms with Crippen LogP contribution in [-0.4, -0.2) is 50.8 Å². The molecule has 0 aliphatic heterocycles. The molecule has 37 heavy (non-hydrogen) atoms.